The molecule has 6 nitrogen and oxygen atoms in total. The molecule has 4 atom stereocenters. The highest BCUT2D eigenvalue weighted by Gasteiger charge is 2.53. The molecule has 0 bridgehead atoms. The molecule has 4 rings (SSSR count). The predicted molar refractivity (Wildman–Crippen MR) is 106 cm³/mol. The smallest absolute Gasteiger partial charge is 0.228 e. The van der Waals surface area contributed by atoms with Crippen LogP contribution in [-0.2, 0) is 10.2 Å². The van der Waals surface area contributed by atoms with Crippen molar-refractivity contribution in [3.8, 4) is 11.5 Å². The lowest BCUT2D eigenvalue weighted by Crippen LogP contribution is -2.43. The number of aromatic hydroxyl groups is 1. The number of ether oxygens (including phenoxy) is 2. The first-order valence-electron chi connectivity index (χ1n) is 9.88. The number of phenolic OH excluding ortho intramolecular Hbond substituents is 1. The Morgan fingerprint density at radius 3 is 2.55 bits per heavy atom. The van der Waals surface area contributed by atoms with Crippen molar-refractivity contribution in [2.24, 2.45) is 5.92 Å². The fraction of sp³-hybridized carbons (Fsp3) is 0.478. The molecule has 1 aliphatic heterocycles. The molecular weight excluding hydrogens is 372 g/mol. The summed E-state index contributed by atoms with van der Waals surface area (Å²) in [7, 11) is 1.35. The lowest BCUT2D eigenvalue weighted by atomic mass is 9.63. The summed E-state index contributed by atoms with van der Waals surface area (Å²) in [5.41, 5.74) is 1.40. The number of aliphatic hydroxyl groups excluding tert-OH is 1. The van der Waals surface area contributed by atoms with Crippen molar-refractivity contribution in [2.75, 3.05) is 7.11 Å². The Bertz CT molecular complexity index is 1000. The zero-order valence-corrected chi connectivity index (χ0v) is 17.3. The third kappa shape index (κ3) is 2.51. The quantitative estimate of drug-likeness (QED) is 0.742. The first-order valence-corrected chi connectivity index (χ1v) is 9.88. The highest BCUT2D eigenvalue weighted by Crippen LogP contribution is 2.57. The number of carbonyl (C=O) groups is 2. The zero-order chi connectivity index (χ0) is 21.2. The summed E-state index contributed by atoms with van der Waals surface area (Å²) in [6, 6.07) is 1.36. The number of hydrogen-bond acceptors (Lipinski definition) is 6. The van der Waals surface area contributed by atoms with Crippen LogP contribution in [0.2, 0.25) is 0 Å². The van der Waals surface area contributed by atoms with Crippen LogP contribution in [0.4, 0.5) is 0 Å². The maximum atomic E-state index is 13.1. The number of aliphatic hydroxyl groups is 1. The maximum Gasteiger partial charge on any atom is 0.228 e. The second kappa shape index (κ2) is 6.46. The normalized spacial score (nSPS) is 31.2. The molecule has 29 heavy (non-hydrogen) atoms. The molecule has 0 fully saturated rings. The van der Waals surface area contributed by atoms with Gasteiger partial charge in [0.25, 0.3) is 0 Å². The van der Waals surface area contributed by atoms with Gasteiger partial charge in [-0.3, -0.25) is 9.59 Å². The summed E-state index contributed by atoms with van der Waals surface area (Å²) in [6.07, 6.45) is 2.43. The third-order valence-corrected chi connectivity index (χ3v) is 7.11. The van der Waals surface area contributed by atoms with Gasteiger partial charge in [0.05, 0.1) is 18.8 Å². The molecule has 0 spiro atoms. The van der Waals surface area contributed by atoms with E-state index in [1.54, 1.807) is 6.92 Å². The largest absolute Gasteiger partial charge is 0.507 e. The molecule has 2 aliphatic carbocycles. The van der Waals surface area contributed by atoms with Gasteiger partial charge < -0.3 is 19.7 Å². The maximum absolute atomic E-state index is 13.1. The number of rotatable bonds is 2. The molecular formula is C23H26O6. The highest BCUT2D eigenvalue weighted by molar-refractivity contribution is 6.27. The summed E-state index contributed by atoms with van der Waals surface area (Å²) in [4.78, 5) is 25.9. The van der Waals surface area contributed by atoms with Crippen LogP contribution in [0.25, 0.3) is 0 Å². The van der Waals surface area contributed by atoms with Gasteiger partial charge in [-0.1, -0.05) is 13.0 Å². The number of ketones is 2. The Kier molecular flexibility index (Phi) is 4.39. The molecule has 2 N–H and O–H groups in total. The fourth-order valence-electron chi connectivity index (χ4n) is 5.06. The number of phenols is 1. The lowest BCUT2D eigenvalue weighted by molar-refractivity contribution is 0.0813. The van der Waals surface area contributed by atoms with Crippen molar-refractivity contribution in [3.63, 3.8) is 0 Å². The molecule has 0 radical (unpaired) electrons. The molecule has 0 saturated heterocycles. The van der Waals surface area contributed by atoms with Crippen LogP contribution in [0.15, 0.2) is 29.0 Å². The fourth-order valence-corrected chi connectivity index (χ4v) is 5.06. The van der Waals surface area contributed by atoms with Crippen molar-refractivity contribution >= 4 is 11.6 Å². The van der Waals surface area contributed by atoms with Gasteiger partial charge in [0.15, 0.2) is 11.5 Å². The molecule has 6 heteroatoms. The Morgan fingerprint density at radius 2 is 1.93 bits per heavy atom. The van der Waals surface area contributed by atoms with Crippen LogP contribution in [0.3, 0.4) is 0 Å². The Morgan fingerprint density at radius 1 is 1.24 bits per heavy atom. The van der Waals surface area contributed by atoms with E-state index in [-0.39, 0.29) is 51.8 Å². The average molecular weight is 398 g/mol. The van der Waals surface area contributed by atoms with Crippen molar-refractivity contribution in [1.29, 1.82) is 0 Å². The number of methoxy groups -OCH3 is 1. The van der Waals surface area contributed by atoms with Crippen molar-refractivity contribution in [2.45, 2.75) is 58.2 Å². The summed E-state index contributed by atoms with van der Waals surface area (Å²) in [5.74, 6) is -0.544. The second-order valence-corrected chi connectivity index (χ2v) is 8.51. The van der Waals surface area contributed by atoms with E-state index in [0.717, 1.165) is 12.0 Å². The van der Waals surface area contributed by atoms with Crippen LogP contribution in [-0.4, -0.2) is 41.1 Å². The van der Waals surface area contributed by atoms with Gasteiger partial charge in [-0.25, -0.2) is 0 Å². The predicted octanol–water partition coefficient (Wildman–Crippen LogP) is 3.45. The molecule has 1 aromatic carbocycles. The van der Waals surface area contributed by atoms with Gasteiger partial charge in [-0.2, -0.15) is 0 Å². The number of allylic oxidation sites excluding steroid dienone is 3. The summed E-state index contributed by atoms with van der Waals surface area (Å²) >= 11 is 0. The highest BCUT2D eigenvalue weighted by atomic mass is 16.5. The van der Waals surface area contributed by atoms with Gasteiger partial charge >= 0.3 is 0 Å². The monoisotopic (exact) mass is 398 g/mol. The zero-order valence-electron chi connectivity index (χ0n) is 17.3. The summed E-state index contributed by atoms with van der Waals surface area (Å²) in [5, 5.41) is 21.3. The molecule has 154 valence electrons. The van der Waals surface area contributed by atoms with Crippen molar-refractivity contribution in [1.82, 2.24) is 0 Å². The van der Waals surface area contributed by atoms with E-state index in [9.17, 15) is 19.8 Å². The van der Waals surface area contributed by atoms with E-state index in [1.807, 2.05) is 26.8 Å². The first kappa shape index (κ1) is 19.7. The van der Waals surface area contributed by atoms with Crippen molar-refractivity contribution in [3.05, 3.63) is 45.7 Å². The van der Waals surface area contributed by atoms with Crippen LogP contribution < -0.4 is 4.74 Å². The minimum atomic E-state index is -0.616. The van der Waals surface area contributed by atoms with Gasteiger partial charge in [0.2, 0.25) is 5.78 Å². The van der Waals surface area contributed by atoms with E-state index >= 15 is 0 Å². The van der Waals surface area contributed by atoms with Crippen molar-refractivity contribution < 1.29 is 29.3 Å². The molecule has 0 aromatic heterocycles. The Hall–Kier alpha value is -2.60. The van der Waals surface area contributed by atoms with E-state index in [4.69, 9.17) is 9.47 Å². The SMILES string of the molecule is COC1=C(C)C(=O)c2c(cc(O)c3c2O[C@H](C)[C@]3(C)[C@H]2CC=C(C)[C@@H](O)C2)C1=O. The van der Waals surface area contributed by atoms with E-state index < -0.39 is 17.3 Å². The van der Waals surface area contributed by atoms with Gasteiger partial charge in [-0.05, 0) is 51.2 Å². The Balaban J connectivity index is 1.91. The van der Waals surface area contributed by atoms with E-state index in [1.165, 1.54) is 13.2 Å². The topological polar surface area (TPSA) is 93.1 Å². The minimum Gasteiger partial charge on any atom is -0.507 e. The molecule has 0 saturated carbocycles. The van der Waals surface area contributed by atoms with E-state index in [0.29, 0.717) is 12.0 Å². The van der Waals surface area contributed by atoms with E-state index in [2.05, 4.69) is 0 Å². The van der Waals surface area contributed by atoms with Crippen LogP contribution in [0, 0.1) is 5.92 Å². The Labute approximate surface area is 169 Å². The van der Waals surface area contributed by atoms with Gasteiger partial charge in [-0.15, -0.1) is 0 Å². The number of fused-ring (bicyclic) bond motifs is 3. The number of benzene rings is 1. The number of Topliss-reactive ketones (excluding diaryl/α,β-unsaturated/α-hetero) is 2. The van der Waals surface area contributed by atoms with Gasteiger partial charge in [0, 0.05) is 22.1 Å². The third-order valence-electron chi connectivity index (χ3n) is 7.11. The van der Waals surface area contributed by atoms with Crippen LogP contribution >= 0.6 is 0 Å². The minimum absolute atomic E-state index is 0.00771. The molecule has 1 aromatic rings. The lowest BCUT2D eigenvalue weighted by Gasteiger charge is -2.40. The molecule has 3 aliphatic rings. The number of hydrogen-bond donors (Lipinski definition) is 2. The number of carbonyl (C=O) groups excluding carboxylic acids is 2. The second-order valence-electron chi connectivity index (χ2n) is 8.51. The standard InChI is InChI=1S/C23H26O6/c1-10-6-7-13(8-15(10)24)23(4)12(3)29-22-17-14(9-16(25)18(22)23)20(27)21(28-5)11(2)19(17)26/h6,9,12-13,15,24-25H,7-8H2,1-5H3/t12-,13+,15+,23-/m1/s1. The first-order chi connectivity index (χ1) is 13.6. The molecule has 0 unspecified atom stereocenters. The van der Waals surface area contributed by atoms with Crippen LogP contribution in [0.5, 0.6) is 11.5 Å². The molecule has 1 heterocycles. The summed E-state index contributed by atoms with van der Waals surface area (Å²) < 4.78 is 11.3. The van der Waals surface area contributed by atoms with Gasteiger partial charge in [0.1, 0.15) is 17.6 Å². The molecule has 0 amide bonds. The summed E-state index contributed by atoms with van der Waals surface area (Å²) in [6.45, 7) is 7.37. The average Bonchev–Trinajstić information content (AvgIpc) is 2.95. The van der Waals surface area contributed by atoms with Crippen LogP contribution in [0.1, 0.15) is 66.8 Å².